The van der Waals surface area contributed by atoms with E-state index >= 15 is 0 Å². The van der Waals surface area contributed by atoms with E-state index < -0.39 is 23.5 Å². The molecule has 0 radical (unpaired) electrons. The maximum absolute atomic E-state index is 14.0. The molecule has 2 saturated heterocycles. The van der Waals surface area contributed by atoms with Gasteiger partial charge < -0.3 is 33.9 Å². The van der Waals surface area contributed by atoms with Gasteiger partial charge in [0.05, 0.1) is 39.0 Å². The van der Waals surface area contributed by atoms with Gasteiger partial charge in [-0.3, -0.25) is 9.59 Å². The van der Waals surface area contributed by atoms with Gasteiger partial charge in [0.25, 0.3) is 5.91 Å². The Bertz CT molecular complexity index is 1280. The van der Waals surface area contributed by atoms with Crippen LogP contribution in [0, 0.1) is 0 Å². The number of amides is 1. The fourth-order valence-corrected chi connectivity index (χ4v) is 5.81. The molecule has 9 heteroatoms. The molecule has 2 aromatic carbocycles. The minimum Gasteiger partial charge on any atom is -0.872 e. The van der Waals surface area contributed by atoms with Crippen molar-refractivity contribution in [3.63, 3.8) is 0 Å². The summed E-state index contributed by atoms with van der Waals surface area (Å²) in [6, 6.07) is 9.81. The number of nitrogens with zero attached hydrogens (tertiary/aromatic N) is 1. The lowest BCUT2D eigenvalue weighted by atomic mass is 9.94. The molecule has 0 aliphatic carbocycles. The van der Waals surface area contributed by atoms with Crippen LogP contribution in [0.4, 0.5) is 0 Å². The van der Waals surface area contributed by atoms with E-state index in [1.54, 1.807) is 35.2 Å². The fourth-order valence-electron chi connectivity index (χ4n) is 5.81. The minimum absolute atomic E-state index is 0.0257. The van der Waals surface area contributed by atoms with Gasteiger partial charge in [-0.2, -0.15) is 0 Å². The van der Waals surface area contributed by atoms with Gasteiger partial charge in [-0.15, -0.1) is 0 Å². The van der Waals surface area contributed by atoms with E-state index in [-0.39, 0.29) is 11.7 Å². The number of ketones is 1. The first-order valence-electron chi connectivity index (χ1n) is 14.3. The van der Waals surface area contributed by atoms with Crippen LogP contribution < -0.4 is 24.2 Å². The van der Waals surface area contributed by atoms with Gasteiger partial charge in [-0.25, -0.2) is 0 Å². The average molecular weight is 551 g/mol. The van der Waals surface area contributed by atoms with E-state index in [1.807, 2.05) is 26.8 Å². The SMILES string of the molecule is CCOc1ccc(C2/C(=C(\[O-])c3ccc4c(c3)CC(C)O4)C(=O)C(=O)N2CCC[NH+]2CCOCC2)cc1OCC. The number of Topliss-reactive ketones (excluding diaryl/α,β-unsaturated/α-hetero) is 1. The first-order valence-corrected chi connectivity index (χ1v) is 14.3. The number of fused-ring (bicyclic) bond motifs is 1. The minimum atomic E-state index is -0.814. The Morgan fingerprint density at radius 1 is 1.05 bits per heavy atom. The molecule has 0 aromatic heterocycles. The number of carbonyl (C=O) groups is 2. The number of benzene rings is 2. The molecule has 1 amide bonds. The number of nitrogens with one attached hydrogen (secondary N) is 1. The lowest BCUT2D eigenvalue weighted by Crippen LogP contribution is -3.14. The van der Waals surface area contributed by atoms with Gasteiger partial charge >= 0.3 is 0 Å². The molecule has 2 fully saturated rings. The Morgan fingerprint density at radius 2 is 1.80 bits per heavy atom. The van der Waals surface area contributed by atoms with Crippen LogP contribution >= 0.6 is 0 Å². The Kier molecular flexibility index (Phi) is 8.61. The van der Waals surface area contributed by atoms with Crippen molar-refractivity contribution in [3.05, 3.63) is 58.7 Å². The molecule has 3 heterocycles. The summed E-state index contributed by atoms with van der Waals surface area (Å²) < 4.78 is 22.8. The highest BCUT2D eigenvalue weighted by atomic mass is 16.5. The molecule has 3 aliphatic rings. The Morgan fingerprint density at radius 3 is 2.55 bits per heavy atom. The van der Waals surface area contributed by atoms with Crippen LogP contribution in [-0.4, -0.2) is 75.3 Å². The molecule has 9 nitrogen and oxygen atoms in total. The second-order valence-electron chi connectivity index (χ2n) is 10.5. The predicted molar refractivity (Wildman–Crippen MR) is 146 cm³/mol. The van der Waals surface area contributed by atoms with E-state index in [1.165, 1.54) is 4.90 Å². The van der Waals surface area contributed by atoms with Crippen LogP contribution in [0.2, 0.25) is 0 Å². The summed E-state index contributed by atoms with van der Waals surface area (Å²) in [6.07, 6.45) is 1.42. The third kappa shape index (κ3) is 5.67. The summed E-state index contributed by atoms with van der Waals surface area (Å²) in [7, 11) is 0. The number of hydrogen-bond donors (Lipinski definition) is 1. The van der Waals surface area contributed by atoms with Crippen molar-refractivity contribution in [1.82, 2.24) is 4.90 Å². The molecule has 40 heavy (non-hydrogen) atoms. The molecule has 0 saturated carbocycles. The van der Waals surface area contributed by atoms with Gasteiger partial charge in [-0.1, -0.05) is 17.9 Å². The van der Waals surface area contributed by atoms with Gasteiger partial charge in [-0.05, 0) is 61.7 Å². The van der Waals surface area contributed by atoms with Crippen LogP contribution in [0.3, 0.4) is 0 Å². The maximum atomic E-state index is 14.0. The summed E-state index contributed by atoms with van der Waals surface area (Å²) in [6.45, 7) is 11.1. The highest BCUT2D eigenvalue weighted by Gasteiger charge is 2.44. The van der Waals surface area contributed by atoms with Crippen LogP contribution in [0.1, 0.15) is 49.9 Å². The largest absolute Gasteiger partial charge is 0.872 e. The number of rotatable bonds is 10. The van der Waals surface area contributed by atoms with Crippen LogP contribution in [0.25, 0.3) is 5.76 Å². The molecular formula is C31H38N2O7. The fraction of sp³-hybridized carbons (Fsp3) is 0.484. The van der Waals surface area contributed by atoms with Crippen molar-refractivity contribution in [2.45, 2.75) is 45.8 Å². The van der Waals surface area contributed by atoms with Gasteiger partial charge in [0.15, 0.2) is 11.5 Å². The van der Waals surface area contributed by atoms with Crippen molar-refractivity contribution >= 4 is 17.4 Å². The van der Waals surface area contributed by atoms with E-state index in [0.717, 1.165) is 44.2 Å². The normalized spacial score (nSPS) is 22.3. The van der Waals surface area contributed by atoms with Crippen LogP contribution in [0.15, 0.2) is 42.0 Å². The Hall–Kier alpha value is -3.56. The zero-order valence-corrected chi connectivity index (χ0v) is 23.5. The third-order valence-corrected chi connectivity index (χ3v) is 7.70. The Balaban J connectivity index is 1.53. The number of quaternary nitrogens is 1. The van der Waals surface area contributed by atoms with Gasteiger partial charge in [0, 0.05) is 25.0 Å². The molecule has 214 valence electrons. The molecule has 3 aliphatic heterocycles. The number of ether oxygens (including phenoxy) is 4. The topological polar surface area (TPSA) is 102 Å². The summed E-state index contributed by atoms with van der Waals surface area (Å²) >= 11 is 0. The Labute approximate surface area is 235 Å². The number of hydrogen-bond acceptors (Lipinski definition) is 7. The lowest BCUT2D eigenvalue weighted by Gasteiger charge is -2.29. The van der Waals surface area contributed by atoms with Gasteiger partial charge in [0.2, 0.25) is 5.78 Å². The molecule has 2 atom stereocenters. The third-order valence-electron chi connectivity index (χ3n) is 7.70. The van der Waals surface area contributed by atoms with E-state index in [4.69, 9.17) is 18.9 Å². The van der Waals surface area contributed by atoms with E-state index in [2.05, 4.69) is 0 Å². The first kappa shape index (κ1) is 28.0. The zero-order valence-electron chi connectivity index (χ0n) is 23.5. The number of carbonyl (C=O) groups excluding carboxylic acids is 2. The number of likely N-dealkylation sites (tertiary alicyclic amines) is 1. The lowest BCUT2D eigenvalue weighted by molar-refractivity contribution is -0.908. The summed E-state index contributed by atoms with van der Waals surface area (Å²) in [5, 5.41) is 14.0. The highest BCUT2D eigenvalue weighted by molar-refractivity contribution is 6.46. The molecule has 5 rings (SSSR count). The molecule has 2 unspecified atom stereocenters. The molecular weight excluding hydrogens is 512 g/mol. The van der Waals surface area contributed by atoms with Crippen LogP contribution in [0.5, 0.6) is 17.2 Å². The second kappa shape index (κ2) is 12.3. The highest BCUT2D eigenvalue weighted by Crippen LogP contribution is 2.42. The zero-order chi connectivity index (χ0) is 28.2. The molecule has 0 bridgehead atoms. The molecule has 2 aromatic rings. The maximum Gasteiger partial charge on any atom is 0.295 e. The van der Waals surface area contributed by atoms with E-state index in [0.29, 0.717) is 55.2 Å². The van der Waals surface area contributed by atoms with E-state index in [9.17, 15) is 14.7 Å². The second-order valence-corrected chi connectivity index (χ2v) is 10.5. The van der Waals surface area contributed by atoms with Crippen molar-refractivity contribution in [2.24, 2.45) is 0 Å². The smallest absolute Gasteiger partial charge is 0.295 e. The molecule has 0 spiro atoms. The van der Waals surface area contributed by atoms with Crippen molar-refractivity contribution in [3.8, 4) is 17.2 Å². The summed E-state index contributed by atoms with van der Waals surface area (Å²) in [4.78, 5) is 29.9. The number of morpholine rings is 1. The molecule has 1 N–H and O–H groups in total. The first-order chi connectivity index (χ1) is 19.4. The monoisotopic (exact) mass is 550 g/mol. The van der Waals surface area contributed by atoms with Crippen molar-refractivity contribution in [2.75, 3.05) is 52.6 Å². The summed E-state index contributed by atoms with van der Waals surface area (Å²) in [5.74, 6) is 0.0213. The van der Waals surface area contributed by atoms with Crippen LogP contribution in [-0.2, 0) is 20.7 Å². The predicted octanol–water partition coefficient (Wildman–Crippen LogP) is 1.34. The quantitative estimate of drug-likeness (QED) is 0.271. The average Bonchev–Trinajstić information content (AvgIpc) is 3.45. The van der Waals surface area contributed by atoms with Crippen molar-refractivity contribution in [1.29, 1.82) is 0 Å². The van der Waals surface area contributed by atoms with Crippen molar-refractivity contribution < 1.29 is 38.5 Å². The van der Waals surface area contributed by atoms with Gasteiger partial charge in [0.1, 0.15) is 24.9 Å². The standard InChI is InChI=1S/C31H38N2O7/c1-4-38-25-10-7-21(19-26(25)39-5-2)28-27(29(34)22-8-9-24-23(18-22)17-20(3)40-24)30(35)31(36)33(28)12-6-11-32-13-15-37-16-14-32/h7-10,18-20,28,34H,4-6,11-17H2,1-3H3/b29-27+. The summed E-state index contributed by atoms with van der Waals surface area (Å²) in [5.41, 5.74) is 1.93.